The molecule has 3 nitrogen and oxygen atoms in total. The van der Waals surface area contributed by atoms with Gasteiger partial charge in [0.15, 0.2) is 0 Å². The SMILES string of the molecule is CCCCCCCCCCCCCCCCCCCCCCCCCCCCCCCC(=O)N(O)I. The number of rotatable bonds is 30. The zero-order chi connectivity index (χ0) is 26.4. The summed E-state index contributed by atoms with van der Waals surface area (Å²) in [6.45, 7) is 2.30. The van der Waals surface area contributed by atoms with Crippen molar-refractivity contribution in [2.75, 3.05) is 0 Å². The summed E-state index contributed by atoms with van der Waals surface area (Å²) in [4.78, 5) is 11.3. The number of hydrogen-bond donors (Lipinski definition) is 1. The third-order valence-electron chi connectivity index (χ3n) is 7.70. The molecule has 0 radical (unpaired) electrons. The van der Waals surface area contributed by atoms with Crippen LogP contribution >= 0.6 is 22.9 Å². The van der Waals surface area contributed by atoms with Crippen molar-refractivity contribution in [2.24, 2.45) is 0 Å². The molecule has 0 aromatic rings. The van der Waals surface area contributed by atoms with E-state index in [2.05, 4.69) is 6.92 Å². The molecule has 0 aliphatic carbocycles. The van der Waals surface area contributed by atoms with Gasteiger partial charge in [0.2, 0.25) is 0 Å². The van der Waals surface area contributed by atoms with Crippen molar-refractivity contribution in [3.05, 3.63) is 0 Å². The highest BCUT2D eigenvalue weighted by Crippen LogP contribution is 2.16. The smallest absolute Gasteiger partial charge is 0.255 e. The van der Waals surface area contributed by atoms with Gasteiger partial charge in [-0.1, -0.05) is 187 Å². The minimum Gasteiger partial charge on any atom is -0.276 e. The Bertz CT molecular complexity index is 430. The molecule has 0 unspecified atom stereocenters. The van der Waals surface area contributed by atoms with Crippen LogP contribution in [0.25, 0.3) is 0 Å². The normalized spacial score (nSPS) is 11.3. The van der Waals surface area contributed by atoms with Gasteiger partial charge in [-0.3, -0.25) is 10.0 Å². The lowest BCUT2D eigenvalue weighted by molar-refractivity contribution is -0.141. The highest BCUT2D eigenvalue weighted by atomic mass is 127. The first-order chi connectivity index (χ1) is 17.7. The molecule has 36 heavy (non-hydrogen) atoms. The van der Waals surface area contributed by atoms with Crippen LogP contribution in [-0.2, 0) is 4.79 Å². The molecule has 1 amide bonds. The zero-order valence-electron chi connectivity index (χ0n) is 24.4. The maximum atomic E-state index is 11.3. The highest BCUT2D eigenvalue weighted by Gasteiger charge is 2.05. The van der Waals surface area contributed by atoms with Crippen LogP contribution in [0.15, 0.2) is 0 Å². The quantitative estimate of drug-likeness (QED) is 0.0285. The number of halogens is 1. The van der Waals surface area contributed by atoms with E-state index in [1.807, 2.05) is 0 Å². The molecule has 0 aromatic heterocycles. The largest absolute Gasteiger partial charge is 0.276 e. The van der Waals surface area contributed by atoms with E-state index in [9.17, 15) is 4.79 Å². The van der Waals surface area contributed by atoms with Crippen LogP contribution in [0.3, 0.4) is 0 Å². The van der Waals surface area contributed by atoms with Gasteiger partial charge in [-0.15, -0.1) is 0 Å². The third kappa shape index (κ3) is 30.4. The van der Waals surface area contributed by atoms with Gasteiger partial charge in [0.25, 0.3) is 5.91 Å². The number of nitrogens with zero attached hydrogens (tertiary/aromatic N) is 1. The van der Waals surface area contributed by atoms with Crippen molar-refractivity contribution in [3.8, 4) is 0 Å². The number of unbranched alkanes of at least 4 members (excludes halogenated alkanes) is 28. The minimum atomic E-state index is -0.180. The first-order valence-corrected chi connectivity index (χ1v) is 17.3. The summed E-state index contributed by atoms with van der Waals surface area (Å²) in [7, 11) is 0. The van der Waals surface area contributed by atoms with E-state index in [1.165, 1.54) is 173 Å². The molecule has 0 aliphatic heterocycles. The average molecular weight is 622 g/mol. The van der Waals surface area contributed by atoms with E-state index in [0.717, 1.165) is 12.8 Å². The zero-order valence-corrected chi connectivity index (χ0v) is 26.6. The topological polar surface area (TPSA) is 40.5 Å². The second-order valence-corrected chi connectivity index (χ2v) is 12.2. The number of carbonyl (C=O) groups excluding carboxylic acids is 1. The van der Waals surface area contributed by atoms with Crippen LogP contribution in [0.2, 0.25) is 0 Å². The molecule has 0 aliphatic rings. The van der Waals surface area contributed by atoms with E-state index in [0.29, 0.717) is 9.70 Å². The molecule has 0 spiro atoms. The first-order valence-electron chi connectivity index (χ1n) is 16.4. The molecule has 0 fully saturated rings. The molecular formula is C32H64INO2. The summed E-state index contributed by atoms with van der Waals surface area (Å²) in [6, 6.07) is 0. The van der Waals surface area contributed by atoms with Gasteiger partial charge in [0.1, 0.15) is 0 Å². The Morgan fingerprint density at radius 3 is 0.833 bits per heavy atom. The van der Waals surface area contributed by atoms with Crippen molar-refractivity contribution in [1.29, 1.82) is 0 Å². The molecule has 4 heteroatoms. The number of carbonyl (C=O) groups is 1. The summed E-state index contributed by atoms with van der Waals surface area (Å²) in [5.74, 6) is -0.180. The standard InChI is InChI=1S/C32H64INO2/c1-2-3-4-5-6-7-8-9-10-11-12-13-14-15-16-17-18-19-20-21-22-23-24-25-26-27-28-29-30-31-32(35)34(33)36/h36H,2-31H2,1H3. The van der Waals surface area contributed by atoms with E-state index in [-0.39, 0.29) is 5.91 Å². The monoisotopic (exact) mass is 621 g/mol. The lowest BCUT2D eigenvalue weighted by Gasteiger charge is -2.05. The Morgan fingerprint density at radius 1 is 0.444 bits per heavy atom. The van der Waals surface area contributed by atoms with E-state index in [1.54, 1.807) is 22.9 Å². The van der Waals surface area contributed by atoms with E-state index in [4.69, 9.17) is 5.21 Å². The summed E-state index contributed by atoms with van der Waals surface area (Å²) < 4.78 is 0.680. The molecule has 0 heterocycles. The van der Waals surface area contributed by atoms with Crippen LogP contribution in [0.5, 0.6) is 0 Å². The van der Waals surface area contributed by atoms with E-state index < -0.39 is 0 Å². The fraction of sp³-hybridized carbons (Fsp3) is 0.969. The van der Waals surface area contributed by atoms with Gasteiger partial charge in [0, 0.05) is 6.42 Å². The van der Waals surface area contributed by atoms with Gasteiger partial charge in [-0.2, -0.15) is 3.28 Å². The van der Waals surface area contributed by atoms with Crippen molar-refractivity contribution in [1.82, 2.24) is 3.28 Å². The number of amides is 1. The third-order valence-corrected chi connectivity index (χ3v) is 8.24. The minimum absolute atomic E-state index is 0.180. The molecule has 0 rings (SSSR count). The van der Waals surface area contributed by atoms with Crippen LogP contribution in [0.1, 0.15) is 200 Å². The Hall–Kier alpha value is 0.160. The van der Waals surface area contributed by atoms with Gasteiger partial charge >= 0.3 is 0 Å². The predicted molar refractivity (Wildman–Crippen MR) is 167 cm³/mol. The van der Waals surface area contributed by atoms with Crippen molar-refractivity contribution in [2.45, 2.75) is 200 Å². The fourth-order valence-electron chi connectivity index (χ4n) is 5.21. The molecule has 0 atom stereocenters. The second-order valence-electron chi connectivity index (χ2n) is 11.3. The Morgan fingerprint density at radius 2 is 0.639 bits per heavy atom. The fourth-order valence-corrected chi connectivity index (χ4v) is 5.46. The predicted octanol–water partition coefficient (Wildman–Crippen LogP) is 12.3. The van der Waals surface area contributed by atoms with Crippen molar-refractivity contribution in [3.63, 3.8) is 0 Å². The highest BCUT2D eigenvalue weighted by molar-refractivity contribution is 14.1. The first kappa shape index (κ1) is 36.2. The number of hydrogen-bond acceptors (Lipinski definition) is 2. The molecule has 0 saturated heterocycles. The van der Waals surface area contributed by atoms with Gasteiger partial charge in [-0.25, -0.2) is 0 Å². The van der Waals surface area contributed by atoms with Crippen LogP contribution in [0, 0.1) is 0 Å². The molecule has 0 aromatic carbocycles. The summed E-state index contributed by atoms with van der Waals surface area (Å²) in [5.41, 5.74) is 0. The molecular weight excluding hydrogens is 557 g/mol. The van der Waals surface area contributed by atoms with Crippen molar-refractivity contribution < 1.29 is 10.0 Å². The van der Waals surface area contributed by atoms with Crippen LogP contribution < -0.4 is 0 Å². The van der Waals surface area contributed by atoms with Crippen LogP contribution in [0.4, 0.5) is 0 Å². The van der Waals surface area contributed by atoms with Crippen LogP contribution in [-0.4, -0.2) is 14.4 Å². The Kier molecular flexibility index (Phi) is 31.5. The Labute approximate surface area is 240 Å². The lowest BCUT2D eigenvalue weighted by atomic mass is 10.0. The molecule has 0 bridgehead atoms. The molecule has 1 N–H and O–H groups in total. The summed E-state index contributed by atoms with van der Waals surface area (Å²) >= 11 is 1.62. The molecule has 0 saturated carbocycles. The molecule has 216 valence electrons. The summed E-state index contributed by atoms with van der Waals surface area (Å²) in [5, 5.41) is 9.00. The number of hydroxylamine groups is 1. The van der Waals surface area contributed by atoms with Gasteiger partial charge in [-0.05, 0) is 6.42 Å². The van der Waals surface area contributed by atoms with Gasteiger partial charge < -0.3 is 0 Å². The lowest BCUT2D eigenvalue weighted by Crippen LogP contribution is -2.15. The second kappa shape index (κ2) is 31.4. The summed E-state index contributed by atoms with van der Waals surface area (Å²) in [6.07, 6.45) is 41.1. The van der Waals surface area contributed by atoms with Gasteiger partial charge in [0.05, 0.1) is 22.9 Å². The maximum Gasteiger partial charge on any atom is 0.255 e. The van der Waals surface area contributed by atoms with E-state index >= 15 is 0 Å². The average Bonchev–Trinajstić information content (AvgIpc) is 2.87. The van der Waals surface area contributed by atoms with Crippen molar-refractivity contribution >= 4 is 28.8 Å². The Balaban J connectivity index is 3.05. The maximum absolute atomic E-state index is 11.3.